The molecule has 0 bridgehead atoms. The summed E-state index contributed by atoms with van der Waals surface area (Å²) in [6.07, 6.45) is 0. The lowest BCUT2D eigenvalue weighted by atomic mass is 10.2. The zero-order valence-corrected chi connectivity index (χ0v) is 10.1. The molecule has 2 rings (SSSR count). The van der Waals surface area contributed by atoms with E-state index in [0.29, 0.717) is 21.8 Å². The van der Waals surface area contributed by atoms with Crippen molar-refractivity contribution in [2.24, 2.45) is 0 Å². The molecule has 0 aliphatic heterocycles. The Morgan fingerprint density at radius 2 is 2.06 bits per heavy atom. The van der Waals surface area contributed by atoms with Crippen molar-refractivity contribution in [1.82, 2.24) is 0 Å². The van der Waals surface area contributed by atoms with E-state index in [1.165, 1.54) is 11.3 Å². The number of nitrogens with zero attached hydrogens (tertiary/aromatic N) is 1. The summed E-state index contributed by atoms with van der Waals surface area (Å²) in [5, 5.41) is 19.3. The van der Waals surface area contributed by atoms with Crippen LogP contribution in [0.5, 0.6) is 5.75 Å². The van der Waals surface area contributed by atoms with Crippen LogP contribution in [0.25, 0.3) is 0 Å². The van der Waals surface area contributed by atoms with Crippen LogP contribution < -0.4 is 4.74 Å². The van der Waals surface area contributed by atoms with Crippen LogP contribution in [0.15, 0.2) is 35.7 Å². The summed E-state index contributed by atoms with van der Waals surface area (Å²) in [7, 11) is 0. The Morgan fingerprint density at radius 1 is 1.33 bits per heavy atom. The van der Waals surface area contributed by atoms with Crippen molar-refractivity contribution < 1.29 is 14.6 Å². The molecular formula is C13H9NO3S. The van der Waals surface area contributed by atoms with Crippen LogP contribution in [0.4, 0.5) is 0 Å². The first kappa shape index (κ1) is 12.1. The van der Waals surface area contributed by atoms with Gasteiger partial charge in [0.15, 0.2) is 0 Å². The number of benzene rings is 1. The number of nitriles is 1. The Hall–Kier alpha value is -2.32. The van der Waals surface area contributed by atoms with E-state index in [4.69, 9.17) is 15.1 Å². The average Bonchev–Trinajstić information content (AvgIpc) is 2.85. The van der Waals surface area contributed by atoms with E-state index in [-0.39, 0.29) is 6.61 Å². The van der Waals surface area contributed by atoms with Gasteiger partial charge in [-0.2, -0.15) is 5.26 Å². The molecule has 18 heavy (non-hydrogen) atoms. The average molecular weight is 259 g/mol. The smallest absolute Gasteiger partial charge is 0.346 e. The summed E-state index contributed by atoms with van der Waals surface area (Å²) in [5.74, 6) is -0.333. The van der Waals surface area contributed by atoms with Crippen LogP contribution in [0, 0.1) is 11.3 Å². The number of carboxylic acid groups (broad SMARTS) is 1. The van der Waals surface area contributed by atoms with Crippen molar-refractivity contribution in [1.29, 1.82) is 5.26 Å². The van der Waals surface area contributed by atoms with Crippen molar-refractivity contribution >= 4 is 17.3 Å². The standard InChI is InChI=1S/C13H9NO3S/c14-7-9-1-3-11(4-2-9)17-8-10-5-6-18-12(10)13(15)16/h1-6H,8H2,(H,15,16). The number of hydrogen-bond acceptors (Lipinski definition) is 4. The SMILES string of the molecule is N#Cc1ccc(OCc2ccsc2C(=O)O)cc1. The summed E-state index contributed by atoms with van der Waals surface area (Å²) in [6, 6.07) is 10.4. The molecule has 90 valence electrons. The van der Waals surface area contributed by atoms with Gasteiger partial charge >= 0.3 is 5.97 Å². The number of carboxylic acids is 1. The van der Waals surface area contributed by atoms with E-state index in [2.05, 4.69) is 0 Å². The zero-order chi connectivity index (χ0) is 13.0. The molecule has 2 aromatic rings. The summed E-state index contributed by atoms with van der Waals surface area (Å²) in [6.45, 7) is 0.205. The van der Waals surface area contributed by atoms with Gasteiger partial charge in [-0.25, -0.2) is 4.79 Å². The quantitative estimate of drug-likeness (QED) is 0.916. The first-order valence-corrected chi connectivity index (χ1v) is 6.01. The molecule has 0 aliphatic rings. The molecule has 0 aliphatic carbocycles. The Morgan fingerprint density at radius 3 is 2.67 bits per heavy atom. The van der Waals surface area contributed by atoms with Gasteiger partial charge in [0.05, 0.1) is 11.6 Å². The van der Waals surface area contributed by atoms with E-state index in [0.717, 1.165) is 0 Å². The fourth-order valence-electron chi connectivity index (χ4n) is 1.42. The molecule has 0 radical (unpaired) electrons. The van der Waals surface area contributed by atoms with Gasteiger partial charge in [-0.05, 0) is 35.7 Å². The minimum Gasteiger partial charge on any atom is -0.489 e. The van der Waals surface area contributed by atoms with Crippen molar-refractivity contribution in [3.63, 3.8) is 0 Å². The van der Waals surface area contributed by atoms with Crippen LogP contribution in [0.2, 0.25) is 0 Å². The highest BCUT2D eigenvalue weighted by Crippen LogP contribution is 2.19. The molecule has 0 fully saturated rings. The molecule has 1 aromatic heterocycles. The normalized spacial score (nSPS) is 9.72. The summed E-state index contributed by atoms with van der Waals surface area (Å²) in [4.78, 5) is 11.2. The Balaban J connectivity index is 2.05. The van der Waals surface area contributed by atoms with E-state index in [1.54, 1.807) is 35.7 Å². The lowest BCUT2D eigenvalue weighted by Crippen LogP contribution is -2.01. The van der Waals surface area contributed by atoms with Crippen molar-refractivity contribution in [3.8, 4) is 11.8 Å². The van der Waals surface area contributed by atoms with Crippen molar-refractivity contribution in [2.75, 3.05) is 0 Å². The topological polar surface area (TPSA) is 70.3 Å². The van der Waals surface area contributed by atoms with Crippen LogP contribution in [0.3, 0.4) is 0 Å². The van der Waals surface area contributed by atoms with E-state index < -0.39 is 5.97 Å². The largest absolute Gasteiger partial charge is 0.489 e. The van der Waals surface area contributed by atoms with Gasteiger partial charge in [0, 0.05) is 5.56 Å². The summed E-state index contributed by atoms with van der Waals surface area (Å²) >= 11 is 1.18. The lowest BCUT2D eigenvalue weighted by Gasteiger charge is -2.05. The highest BCUT2D eigenvalue weighted by atomic mass is 32.1. The molecule has 0 unspecified atom stereocenters. The molecule has 1 aromatic carbocycles. The molecule has 1 heterocycles. The van der Waals surface area contributed by atoms with Crippen LogP contribution >= 0.6 is 11.3 Å². The van der Waals surface area contributed by atoms with Crippen LogP contribution in [-0.2, 0) is 6.61 Å². The number of aromatic carboxylic acids is 1. The van der Waals surface area contributed by atoms with Gasteiger partial charge in [-0.15, -0.1) is 11.3 Å². The maximum Gasteiger partial charge on any atom is 0.346 e. The predicted octanol–water partition coefficient (Wildman–Crippen LogP) is 2.90. The highest BCUT2D eigenvalue weighted by Gasteiger charge is 2.11. The first-order valence-electron chi connectivity index (χ1n) is 5.13. The number of carbonyl (C=O) groups is 1. The van der Waals surface area contributed by atoms with Crippen LogP contribution in [-0.4, -0.2) is 11.1 Å². The number of rotatable bonds is 4. The molecule has 0 atom stereocenters. The van der Waals surface area contributed by atoms with Gasteiger partial charge < -0.3 is 9.84 Å². The maximum atomic E-state index is 10.9. The predicted molar refractivity (Wildman–Crippen MR) is 66.8 cm³/mol. The molecule has 0 amide bonds. The Kier molecular flexibility index (Phi) is 3.60. The lowest BCUT2D eigenvalue weighted by molar-refractivity contribution is 0.0699. The zero-order valence-electron chi connectivity index (χ0n) is 9.29. The van der Waals surface area contributed by atoms with Gasteiger partial charge in [0.25, 0.3) is 0 Å². The van der Waals surface area contributed by atoms with Crippen LogP contribution in [0.1, 0.15) is 20.8 Å². The summed E-state index contributed by atoms with van der Waals surface area (Å²) in [5.41, 5.74) is 1.21. The fraction of sp³-hybridized carbons (Fsp3) is 0.0769. The third-order valence-electron chi connectivity index (χ3n) is 2.32. The van der Waals surface area contributed by atoms with E-state index in [1.807, 2.05) is 6.07 Å². The van der Waals surface area contributed by atoms with Crippen molar-refractivity contribution in [2.45, 2.75) is 6.61 Å². The molecule has 5 heteroatoms. The minimum atomic E-state index is -0.941. The summed E-state index contributed by atoms with van der Waals surface area (Å²) < 4.78 is 5.47. The van der Waals surface area contributed by atoms with E-state index in [9.17, 15) is 4.79 Å². The van der Waals surface area contributed by atoms with E-state index >= 15 is 0 Å². The van der Waals surface area contributed by atoms with Gasteiger partial charge in [0.1, 0.15) is 17.2 Å². The highest BCUT2D eigenvalue weighted by molar-refractivity contribution is 7.12. The molecule has 0 saturated carbocycles. The minimum absolute atomic E-state index is 0.205. The number of ether oxygens (including phenoxy) is 1. The van der Waals surface area contributed by atoms with Gasteiger partial charge in [-0.1, -0.05) is 0 Å². The molecular weight excluding hydrogens is 250 g/mol. The molecule has 0 spiro atoms. The van der Waals surface area contributed by atoms with Crippen molar-refractivity contribution in [3.05, 3.63) is 51.7 Å². The third-order valence-corrected chi connectivity index (χ3v) is 3.26. The third kappa shape index (κ3) is 2.67. The second-order valence-electron chi connectivity index (χ2n) is 3.50. The van der Waals surface area contributed by atoms with Gasteiger partial charge in [-0.3, -0.25) is 0 Å². The second kappa shape index (κ2) is 5.34. The molecule has 0 saturated heterocycles. The Labute approximate surface area is 108 Å². The Bertz CT molecular complexity index is 595. The monoisotopic (exact) mass is 259 g/mol. The number of hydrogen-bond donors (Lipinski definition) is 1. The molecule has 1 N–H and O–H groups in total. The molecule has 4 nitrogen and oxygen atoms in total. The first-order chi connectivity index (χ1) is 8.70. The fourth-order valence-corrected chi connectivity index (χ4v) is 2.17. The maximum absolute atomic E-state index is 10.9. The second-order valence-corrected chi connectivity index (χ2v) is 4.42. The number of thiophene rings is 1. The van der Waals surface area contributed by atoms with Gasteiger partial charge in [0.2, 0.25) is 0 Å².